The second kappa shape index (κ2) is 11.0. The van der Waals surface area contributed by atoms with Crippen molar-refractivity contribution in [1.82, 2.24) is 4.98 Å². The number of nitrogens with zero attached hydrogens (tertiary/aromatic N) is 2. The summed E-state index contributed by atoms with van der Waals surface area (Å²) in [5.41, 5.74) is 4.43. The van der Waals surface area contributed by atoms with Gasteiger partial charge in [-0.05, 0) is 78.6 Å². The summed E-state index contributed by atoms with van der Waals surface area (Å²) < 4.78 is 5.95. The van der Waals surface area contributed by atoms with Crippen LogP contribution in [0.25, 0.3) is 6.08 Å². The number of halogens is 3. The van der Waals surface area contributed by atoms with E-state index in [9.17, 15) is 0 Å². The zero-order valence-corrected chi connectivity index (χ0v) is 18.0. The maximum Gasteiger partial charge on any atom is 0.128 e. The highest BCUT2D eigenvalue weighted by molar-refractivity contribution is 6.30. The zero-order valence-electron chi connectivity index (χ0n) is 15.6. The lowest BCUT2D eigenvalue weighted by molar-refractivity contribution is 0.482. The summed E-state index contributed by atoms with van der Waals surface area (Å²) in [6.07, 6.45) is 7.93. The van der Waals surface area contributed by atoms with Crippen molar-refractivity contribution in [3.8, 4) is 11.5 Å². The largest absolute Gasteiger partial charge is 0.457 e. The van der Waals surface area contributed by atoms with Crippen molar-refractivity contribution in [3.63, 3.8) is 0 Å². The maximum atomic E-state index is 5.95. The van der Waals surface area contributed by atoms with Gasteiger partial charge in [-0.25, -0.2) is 0 Å². The van der Waals surface area contributed by atoms with Crippen molar-refractivity contribution >= 4 is 48.2 Å². The van der Waals surface area contributed by atoms with Crippen LogP contribution in [0, 0.1) is 0 Å². The first-order valence-corrected chi connectivity index (χ1v) is 9.35. The molecule has 0 fully saturated rings. The number of hydrogen-bond donors (Lipinski definition) is 0. The van der Waals surface area contributed by atoms with Crippen molar-refractivity contribution < 1.29 is 4.74 Å². The number of allylic oxidation sites excluding steroid dienone is 1. The third-order valence-corrected chi connectivity index (χ3v) is 4.61. The van der Waals surface area contributed by atoms with Crippen LogP contribution in [0.2, 0.25) is 5.02 Å². The van der Waals surface area contributed by atoms with E-state index >= 15 is 0 Å². The van der Waals surface area contributed by atoms with Crippen molar-refractivity contribution in [2.24, 2.45) is 4.99 Å². The van der Waals surface area contributed by atoms with Crippen LogP contribution in [0.15, 0.2) is 83.6 Å². The topological polar surface area (TPSA) is 34.5 Å². The summed E-state index contributed by atoms with van der Waals surface area (Å²) in [5.74, 6) is 1.56. The van der Waals surface area contributed by atoms with E-state index in [2.05, 4.69) is 23.2 Å². The van der Waals surface area contributed by atoms with Gasteiger partial charge in [-0.3, -0.25) is 9.98 Å². The number of rotatable bonds is 4. The van der Waals surface area contributed by atoms with E-state index in [-0.39, 0.29) is 24.8 Å². The molecule has 0 spiro atoms. The lowest BCUT2D eigenvalue weighted by atomic mass is 9.95. The second-order valence-electron chi connectivity index (χ2n) is 6.37. The Morgan fingerprint density at radius 3 is 2.52 bits per heavy atom. The van der Waals surface area contributed by atoms with Gasteiger partial charge in [0, 0.05) is 29.5 Å². The molecule has 0 bridgehead atoms. The van der Waals surface area contributed by atoms with Crippen LogP contribution in [0.3, 0.4) is 0 Å². The van der Waals surface area contributed by atoms with E-state index in [4.69, 9.17) is 21.3 Å². The molecule has 0 atom stereocenters. The zero-order chi connectivity index (χ0) is 18.5. The predicted molar refractivity (Wildman–Crippen MR) is 125 cm³/mol. The van der Waals surface area contributed by atoms with Gasteiger partial charge in [-0.1, -0.05) is 23.7 Å². The molecule has 0 amide bonds. The summed E-state index contributed by atoms with van der Waals surface area (Å²) in [4.78, 5) is 8.97. The summed E-state index contributed by atoms with van der Waals surface area (Å²) in [6, 6.07) is 19.4. The molecule has 6 heteroatoms. The molecule has 0 aliphatic carbocycles. The summed E-state index contributed by atoms with van der Waals surface area (Å²) in [7, 11) is 0. The van der Waals surface area contributed by atoms with Gasteiger partial charge in [0.15, 0.2) is 0 Å². The number of benzene rings is 2. The summed E-state index contributed by atoms with van der Waals surface area (Å²) in [5, 5.41) is 0.695. The Morgan fingerprint density at radius 2 is 1.76 bits per heavy atom. The lowest BCUT2D eigenvalue weighted by Gasteiger charge is -2.16. The van der Waals surface area contributed by atoms with Gasteiger partial charge in [0.25, 0.3) is 0 Å². The number of aromatic nitrogens is 1. The molecule has 29 heavy (non-hydrogen) atoms. The fourth-order valence-corrected chi connectivity index (χ4v) is 3.23. The van der Waals surface area contributed by atoms with Gasteiger partial charge >= 0.3 is 0 Å². The highest BCUT2D eigenvalue weighted by Gasteiger charge is 2.14. The van der Waals surface area contributed by atoms with Gasteiger partial charge in [0.05, 0.1) is 5.71 Å². The average Bonchev–Trinajstić information content (AvgIpc) is 2.71. The van der Waals surface area contributed by atoms with Crippen LogP contribution in [0.4, 0.5) is 0 Å². The lowest BCUT2D eigenvalue weighted by Crippen LogP contribution is -2.11. The Labute approximate surface area is 188 Å². The molecule has 3 aromatic rings. The Bertz CT molecular complexity index is 987. The molecule has 0 saturated heterocycles. The standard InChI is InChI=1S/C23H19ClN2O.2ClH/c24-20-8-10-21(11-9-20)27-22-7-1-4-17(15-22)14-18-5-3-13-26-23(18)19-6-2-12-25-16-19;;/h1-2,4,6-12,14-16H,3,5,13H2;2*1H. The van der Waals surface area contributed by atoms with Crippen LogP contribution in [-0.4, -0.2) is 17.2 Å². The van der Waals surface area contributed by atoms with E-state index in [1.165, 1.54) is 5.57 Å². The fourth-order valence-electron chi connectivity index (χ4n) is 3.11. The molecule has 1 aliphatic rings. The van der Waals surface area contributed by atoms with Crippen molar-refractivity contribution in [2.75, 3.05) is 6.54 Å². The van der Waals surface area contributed by atoms with Crippen LogP contribution < -0.4 is 4.74 Å². The maximum absolute atomic E-state index is 5.95. The van der Waals surface area contributed by atoms with Crippen molar-refractivity contribution in [1.29, 1.82) is 0 Å². The predicted octanol–water partition coefficient (Wildman–Crippen LogP) is 7.04. The van der Waals surface area contributed by atoms with Crippen LogP contribution in [-0.2, 0) is 0 Å². The number of pyridine rings is 1. The van der Waals surface area contributed by atoms with Crippen molar-refractivity contribution in [2.45, 2.75) is 12.8 Å². The van der Waals surface area contributed by atoms with E-state index in [0.717, 1.165) is 47.7 Å². The first-order valence-electron chi connectivity index (χ1n) is 8.97. The minimum atomic E-state index is 0. The second-order valence-corrected chi connectivity index (χ2v) is 6.81. The molecular weight excluding hydrogens is 427 g/mol. The highest BCUT2D eigenvalue weighted by Crippen LogP contribution is 2.26. The molecular formula is C23H21Cl3N2O. The molecule has 4 rings (SSSR count). The minimum absolute atomic E-state index is 0. The van der Waals surface area contributed by atoms with Gasteiger partial charge in [-0.2, -0.15) is 0 Å². The molecule has 2 heterocycles. The first kappa shape index (κ1) is 23.0. The van der Waals surface area contributed by atoms with E-state index in [1.807, 2.05) is 54.7 Å². The number of aliphatic imine (C=N–C) groups is 1. The SMILES string of the molecule is Cl.Cl.Clc1ccc(Oc2cccc(C=C3CCCN=C3c3cccnc3)c2)cc1. The van der Waals surface area contributed by atoms with E-state index in [0.29, 0.717) is 5.02 Å². The molecule has 1 aliphatic heterocycles. The summed E-state index contributed by atoms with van der Waals surface area (Å²) in [6.45, 7) is 0.862. The molecule has 2 aromatic carbocycles. The molecule has 0 saturated carbocycles. The van der Waals surface area contributed by atoms with E-state index < -0.39 is 0 Å². The Hall–Kier alpha value is -2.33. The van der Waals surface area contributed by atoms with Crippen LogP contribution in [0.1, 0.15) is 24.0 Å². The highest BCUT2D eigenvalue weighted by atomic mass is 35.5. The molecule has 150 valence electrons. The number of hydrogen-bond acceptors (Lipinski definition) is 3. The van der Waals surface area contributed by atoms with Crippen LogP contribution in [0.5, 0.6) is 11.5 Å². The first-order chi connectivity index (χ1) is 13.3. The van der Waals surface area contributed by atoms with E-state index in [1.54, 1.807) is 6.20 Å². The molecule has 3 nitrogen and oxygen atoms in total. The smallest absolute Gasteiger partial charge is 0.128 e. The summed E-state index contributed by atoms with van der Waals surface area (Å²) >= 11 is 5.93. The molecule has 0 unspecified atom stereocenters. The van der Waals surface area contributed by atoms with Crippen molar-refractivity contribution in [3.05, 3.63) is 94.8 Å². The Morgan fingerprint density at radius 1 is 0.931 bits per heavy atom. The van der Waals surface area contributed by atoms with Gasteiger partial charge in [0.1, 0.15) is 11.5 Å². The van der Waals surface area contributed by atoms with Crippen LogP contribution >= 0.6 is 36.4 Å². The van der Waals surface area contributed by atoms with Gasteiger partial charge in [0.2, 0.25) is 0 Å². The quantitative estimate of drug-likeness (QED) is 0.430. The van der Waals surface area contributed by atoms with Gasteiger partial charge in [-0.15, -0.1) is 24.8 Å². The minimum Gasteiger partial charge on any atom is -0.457 e. The molecule has 1 aromatic heterocycles. The fraction of sp³-hybridized carbons (Fsp3) is 0.130. The molecule has 0 radical (unpaired) electrons. The monoisotopic (exact) mass is 446 g/mol. The number of ether oxygens (including phenoxy) is 1. The Balaban J connectivity index is 0.00000150. The average molecular weight is 448 g/mol. The third kappa shape index (κ3) is 6.07. The normalized spacial score (nSPS) is 14.4. The third-order valence-electron chi connectivity index (χ3n) is 4.36. The Kier molecular flexibility index (Phi) is 8.71. The molecule has 0 N–H and O–H groups in total. The van der Waals surface area contributed by atoms with Gasteiger partial charge < -0.3 is 4.74 Å².